The van der Waals surface area contributed by atoms with E-state index in [9.17, 15) is 4.79 Å². The van der Waals surface area contributed by atoms with Crippen LogP contribution in [0.5, 0.6) is 0 Å². The summed E-state index contributed by atoms with van der Waals surface area (Å²) in [4.78, 5) is 27.3. The lowest BCUT2D eigenvalue weighted by Gasteiger charge is -2.15. The minimum absolute atomic E-state index is 0.101. The van der Waals surface area contributed by atoms with Crippen LogP contribution in [0.4, 0.5) is 11.5 Å². The highest BCUT2D eigenvalue weighted by Crippen LogP contribution is 2.29. The quantitative estimate of drug-likeness (QED) is 0.770. The fraction of sp³-hybridized carbons (Fsp3) is 0.238. The molecule has 1 atom stereocenters. The molecule has 1 N–H and O–H groups in total. The van der Waals surface area contributed by atoms with Crippen molar-refractivity contribution in [2.45, 2.75) is 19.3 Å². The molecule has 1 aliphatic rings. The van der Waals surface area contributed by atoms with Gasteiger partial charge in [-0.15, -0.1) is 0 Å². The number of hydrogen-bond donors (Lipinski definition) is 1. The third-order valence-corrected chi connectivity index (χ3v) is 4.75. The maximum Gasteiger partial charge on any atom is 0.219 e. The van der Waals surface area contributed by atoms with E-state index in [0.717, 1.165) is 41.6 Å². The zero-order valence-electron chi connectivity index (χ0n) is 15.2. The van der Waals surface area contributed by atoms with Crippen molar-refractivity contribution in [3.05, 3.63) is 66.7 Å². The van der Waals surface area contributed by atoms with E-state index in [1.54, 1.807) is 19.3 Å². The van der Waals surface area contributed by atoms with Gasteiger partial charge in [0.15, 0.2) is 0 Å². The minimum Gasteiger partial charge on any atom is -0.342 e. The molecule has 0 radical (unpaired) electrons. The SMILES string of the molecule is CC(=O)N1CCC(c2nc(Nc3ccccc3)cc(-c3cccnc3)n2)C1. The predicted octanol–water partition coefficient (Wildman–Crippen LogP) is 3.62. The van der Waals surface area contributed by atoms with Crippen molar-refractivity contribution in [2.75, 3.05) is 18.4 Å². The van der Waals surface area contributed by atoms with Crippen LogP contribution < -0.4 is 5.32 Å². The average Bonchev–Trinajstić information content (AvgIpc) is 3.20. The zero-order chi connectivity index (χ0) is 18.6. The van der Waals surface area contributed by atoms with Crippen LogP contribution in [0.3, 0.4) is 0 Å². The third kappa shape index (κ3) is 3.95. The van der Waals surface area contributed by atoms with Gasteiger partial charge in [0, 0.05) is 55.6 Å². The summed E-state index contributed by atoms with van der Waals surface area (Å²) in [6.07, 6.45) is 4.42. The number of likely N-dealkylation sites (tertiary alicyclic amines) is 1. The number of carbonyl (C=O) groups is 1. The lowest BCUT2D eigenvalue weighted by atomic mass is 10.1. The smallest absolute Gasteiger partial charge is 0.219 e. The summed E-state index contributed by atoms with van der Waals surface area (Å²) in [5.74, 6) is 1.75. The summed E-state index contributed by atoms with van der Waals surface area (Å²) in [5.41, 5.74) is 2.74. The first-order chi connectivity index (χ1) is 13.2. The Hall–Kier alpha value is -3.28. The number of carbonyl (C=O) groups excluding carboxylic acids is 1. The number of anilines is 2. The fourth-order valence-corrected chi connectivity index (χ4v) is 3.30. The Morgan fingerprint density at radius 1 is 1.15 bits per heavy atom. The molecule has 1 aliphatic heterocycles. The Labute approximate surface area is 158 Å². The Morgan fingerprint density at radius 3 is 2.70 bits per heavy atom. The number of hydrogen-bond acceptors (Lipinski definition) is 5. The first-order valence-electron chi connectivity index (χ1n) is 9.06. The number of amides is 1. The van der Waals surface area contributed by atoms with Crippen LogP contribution in [0.2, 0.25) is 0 Å². The second-order valence-electron chi connectivity index (χ2n) is 6.68. The van der Waals surface area contributed by atoms with E-state index in [1.165, 1.54) is 0 Å². The molecule has 3 heterocycles. The van der Waals surface area contributed by atoms with Gasteiger partial charge in [0.1, 0.15) is 11.6 Å². The molecule has 4 rings (SSSR count). The molecular weight excluding hydrogens is 338 g/mol. The number of nitrogens with zero attached hydrogens (tertiary/aromatic N) is 4. The van der Waals surface area contributed by atoms with E-state index >= 15 is 0 Å². The van der Waals surface area contributed by atoms with Gasteiger partial charge in [0.2, 0.25) is 5.91 Å². The first kappa shape index (κ1) is 17.1. The van der Waals surface area contributed by atoms with Crippen molar-refractivity contribution in [3.8, 4) is 11.3 Å². The van der Waals surface area contributed by atoms with E-state index < -0.39 is 0 Å². The highest BCUT2D eigenvalue weighted by molar-refractivity contribution is 5.73. The molecule has 1 saturated heterocycles. The van der Waals surface area contributed by atoms with Crippen molar-refractivity contribution in [3.63, 3.8) is 0 Å². The lowest BCUT2D eigenvalue weighted by molar-refractivity contribution is -0.127. The monoisotopic (exact) mass is 359 g/mol. The number of aromatic nitrogens is 3. The second-order valence-corrected chi connectivity index (χ2v) is 6.68. The molecule has 1 unspecified atom stereocenters. The van der Waals surface area contributed by atoms with Crippen molar-refractivity contribution in [2.24, 2.45) is 0 Å². The number of benzene rings is 1. The van der Waals surface area contributed by atoms with Crippen LogP contribution in [0.25, 0.3) is 11.3 Å². The average molecular weight is 359 g/mol. The van der Waals surface area contributed by atoms with Gasteiger partial charge in [-0.05, 0) is 30.7 Å². The maximum atomic E-state index is 11.7. The topological polar surface area (TPSA) is 71.0 Å². The molecule has 1 aromatic carbocycles. The number of nitrogens with one attached hydrogen (secondary N) is 1. The molecule has 3 aromatic rings. The zero-order valence-corrected chi connectivity index (χ0v) is 15.2. The van der Waals surface area contributed by atoms with E-state index in [1.807, 2.05) is 53.4 Å². The standard InChI is InChI=1S/C21H21N5O/c1-15(27)26-11-9-17(14-26)21-24-19(16-6-5-10-22-13-16)12-20(25-21)23-18-7-3-2-4-8-18/h2-8,10,12-13,17H,9,11,14H2,1H3,(H,23,24,25). The molecule has 27 heavy (non-hydrogen) atoms. The maximum absolute atomic E-state index is 11.7. The summed E-state index contributed by atoms with van der Waals surface area (Å²) >= 11 is 0. The van der Waals surface area contributed by atoms with Gasteiger partial charge in [-0.25, -0.2) is 9.97 Å². The highest BCUT2D eigenvalue weighted by Gasteiger charge is 2.28. The summed E-state index contributed by atoms with van der Waals surface area (Å²) in [6.45, 7) is 3.02. The van der Waals surface area contributed by atoms with Crippen LogP contribution in [0.15, 0.2) is 60.9 Å². The van der Waals surface area contributed by atoms with Gasteiger partial charge < -0.3 is 10.2 Å². The molecule has 1 fully saturated rings. The normalized spacial score (nSPS) is 16.3. The van der Waals surface area contributed by atoms with Gasteiger partial charge in [0.25, 0.3) is 0 Å². The molecule has 0 saturated carbocycles. The van der Waals surface area contributed by atoms with Crippen LogP contribution in [-0.2, 0) is 4.79 Å². The number of rotatable bonds is 4. The fourth-order valence-electron chi connectivity index (χ4n) is 3.30. The van der Waals surface area contributed by atoms with E-state index in [4.69, 9.17) is 9.97 Å². The summed E-state index contributed by atoms with van der Waals surface area (Å²) < 4.78 is 0. The molecular formula is C21H21N5O. The largest absolute Gasteiger partial charge is 0.342 e. The van der Waals surface area contributed by atoms with Gasteiger partial charge in [0.05, 0.1) is 5.69 Å². The third-order valence-electron chi connectivity index (χ3n) is 4.75. The summed E-state index contributed by atoms with van der Waals surface area (Å²) in [6, 6.07) is 15.8. The first-order valence-corrected chi connectivity index (χ1v) is 9.06. The lowest BCUT2D eigenvalue weighted by Crippen LogP contribution is -2.25. The van der Waals surface area contributed by atoms with Crippen molar-refractivity contribution in [1.82, 2.24) is 19.9 Å². The van der Waals surface area contributed by atoms with Crippen molar-refractivity contribution in [1.29, 1.82) is 0 Å². The van der Waals surface area contributed by atoms with Crippen molar-refractivity contribution >= 4 is 17.4 Å². The molecule has 6 heteroatoms. The number of para-hydroxylation sites is 1. The predicted molar refractivity (Wildman–Crippen MR) is 105 cm³/mol. The molecule has 0 aliphatic carbocycles. The van der Waals surface area contributed by atoms with Gasteiger partial charge >= 0.3 is 0 Å². The molecule has 0 spiro atoms. The Morgan fingerprint density at radius 2 is 2.00 bits per heavy atom. The van der Waals surface area contributed by atoms with Crippen LogP contribution in [-0.4, -0.2) is 38.8 Å². The van der Waals surface area contributed by atoms with Crippen LogP contribution in [0, 0.1) is 0 Å². The highest BCUT2D eigenvalue weighted by atomic mass is 16.2. The van der Waals surface area contributed by atoms with E-state index in [-0.39, 0.29) is 11.8 Å². The van der Waals surface area contributed by atoms with Crippen LogP contribution in [0.1, 0.15) is 25.1 Å². The molecule has 2 aromatic heterocycles. The minimum atomic E-state index is 0.101. The van der Waals surface area contributed by atoms with E-state index in [0.29, 0.717) is 6.54 Å². The molecule has 0 bridgehead atoms. The Bertz CT molecular complexity index is 930. The molecule has 1 amide bonds. The Kier molecular flexibility index (Phi) is 4.78. The van der Waals surface area contributed by atoms with E-state index in [2.05, 4.69) is 10.3 Å². The summed E-state index contributed by atoms with van der Waals surface area (Å²) in [5, 5.41) is 3.36. The van der Waals surface area contributed by atoms with Crippen molar-refractivity contribution < 1.29 is 4.79 Å². The van der Waals surface area contributed by atoms with Gasteiger partial charge in [-0.1, -0.05) is 18.2 Å². The second kappa shape index (κ2) is 7.53. The Balaban J connectivity index is 1.70. The van der Waals surface area contributed by atoms with Gasteiger partial charge in [-0.3, -0.25) is 9.78 Å². The number of pyridine rings is 1. The summed E-state index contributed by atoms with van der Waals surface area (Å²) in [7, 11) is 0. The molecule has 6 nitrogen and oxygen atoms in total. The van der Waals surface area contributed by atoms with Gasteiger partial charge in [-0.2, -0.15) is 0 Å². The van der Waals surface area contributed by atoms with Crippen LogP contribution >= 0.6 is 0 Å². The molecule has 136 valence electrons.